The highest BCUT2D eigenvalue weighted by Crippen LogP contribution is 2.51. The SMILES string of the molecule is N#CC1=C(N)C(C#N)(C#N)C(c2ccccc2)C=C1C1CC1. The second kappa shape index (κ2) is 5.06. The van der Waals surface area contributed by atoms with Crippen LogP contribution >= 0.6 is 0 Å². The summed E-state index contributed by atoms with van der Waals surface area (Å²) in [6, 6.07) is 15.7. The second-order valence-electron chi connectivity index (χ2n) is 5.72. The number of nitriles is 3. The van der Waals surface area contributed by atoms with Crippen LogP contribution in [0, 0.1) is 45.3 Å². The Morgan fingerprint density at radius 2 is 1.68 bits per heavy atom. The first-order valence-electron chi connectivity index (χ1n) is 7.17. The Morgan fingerprint density at radius 3 is 2.18 bits per heavy atom. The lowest BCUT2D eigenvalue weighted by Gasteiger charge is -2.33. The fourth-order valence-electron chi connectivity index (χ4n) is 3.06. The van der Waals surface area contributed by atoms with Crippen LogP contribution in [0.5, 0.6) is 0 Å². The van der Waals surface area contributed by atoms with Crippen molar-refractivity contribution in [3.05, 3.63) is 58.8 Å². The molecule has 0 amide bonds. The summed E-state index contributed by atoms with van der Waals surface area (Å²) >= 11 is 0. The van der Waals surface area contributed by atoms with Gasteiger partial charge in [0, 0.05) is 5.92 Å². The lowest BCUT2D eigenvalue weighted by Crippen LogP contribution is -2.35. The highest BCUT2D eigenvalue weighted by Gasteiger charge is 2.48. The van der Waals surface area contributed by atoms with E-state index in [2.05, 4.69) is 18.2 Å². The smallest absolute Gasteiger partial charge is 0.194 e. The molecule has 0 radical (unpaired) electrons. The maximum atomic E-state index is 9.67. The molecular formula is C18H14N4. The predicted octanol–water partition coefficient (Wildman–Crippen LogP) is 2.89. The topological polar surface area (TPSA) is 97.4 Å². The van der Waals surface area contributed by atoms with E-state index in [1.165, 1.54) is 0 Å². The van der Waals surface area contributed by atoms with Crippen LogP contribution in [0.4, 0.5) is 0 Å². The van der Waals surface area contributed by atoms with Gasteiger partial charge < -0.3 is 5.73 Å². The quantitative estimate of drug-likeness (QED) is 0.903. The Balaban J connectivity index is 2.24. The first-order valence-corrected chi connectivity index (χ1v) is 7.17. The molecule has 2 aliphatic rings. The summed E-state index contributed by atoms with van der Waals surface area (Å²) in [5.74, 6) is -0.119. The van der Waals surface area contributed by atoms with E-state index in [9.17, 15) is 15.8 Å². The van der Waals surface area contributed by atoms with E-state index < -0.39 is 11.3 Å². The zero-order valence-electron chi connectivity index (χ0n) is 12.0. The third kappa shape index (κ3) is 1.88. The summed E-state index contributed by atoms with van der Waals surface area (Å²) in [4.78, 5) is 0. The molecule has 2 aliphatic carbocycles. The van der Waals surface area contributed by atoms with E-state index >= 15 is 0 Å². The van der Waals surface area contributed by atoms with Crippen molar-refractivity contribution < 1.29 is 0 Å². The number of allylic oxidation sites excluding steroid dienone is 4. The molecule has 1 fully saturated rings. The van der Waals surface area contributed by atoms with Crippen molar-refractivity contribution in [2.24, 2.45) is 17.1 Å². The van der Waals surface area contributed by atoms with E-state index in [0.717, 1.165) is 24.0 Å². The fourth-order valence-corrected chi connectivity index (χ4v) is 3.06. The van der Waals surface area contributed by atoms with Crippen LogP contribution in [0.3, 0.4) is 0 Å². The zero-order valence-corrected chi connectivity index (χ0v) is 12.0. The minimum absolute atomic E-state index is 0.0956. The summed E-state index contributed by atoms with van der Waals surface area (Å²) in [5.41, 5.74) is 6.80. The molecule has 0 aromatic heterocycles. The molecule has 0 aliphatic heterocycles. The van der Waals surface area contributed by atoms with Gasteiger partial charge in [-0.2, -0.15) is 15.8 Å². The molecule has 1 aromatic carbocycles. The maximum Gasteiger partial charge on any atom is 0.194 e. The number of benzene rings is 1. The molecule has 1 atom stereocenters. The third-order valence-electron chi connectivity index (χ3n) is 4.44. The van der Waals surface area contributed by atoms with Gasteiger partial charge in [-0.25, -0.2) is 0 Å². The molecule has 0 bridgehead atoms. The molecular weight excluding hydrogens is 272 g/mol. The van der Waals surface area contributed by atoms with E-state index in [1.54, 1.807) is 0 Å². The number of nitrogens with zero attached hydrogens (tertiary/aromatic N) is 3. The van der Waals surface area contributed by atoms with E-state index in [4.69, 9.17) is 5.73 Å². The minimum atomic E-state index is -1.52. The summed E-state index contributed by atoms with van der Waals surface area (Å²) in [5, 5.41) is 28.8. The van der Waals surface area contributed by atoms with Gasteiger partial charge in [-0.1, -0.05) is 36.4 Å². The first kappa shape index (κ1) is 13.9. The Hall–Kier alpha value is -3.03. The molecule has 106 valence electrons. The van der Waals surface area contributed by atoms with E-state index in [-0.39, 0.29) is 5.70 Å². The third-order valence-corrected chi connectivity index (χ3v) is 4.44. The van der Waals surface area contributed by atoms with Crippen LogP contribution in [0.2, 0.25) is 0 Å². The van der Waals surface area contributed by atoms with E-state index in [0.29, 0.717) is 11.5 Å². The lowest BCUT2D eigenvalue weighted by atomic mass is 9.66. The van der Waals surface area contributed by atoms with Crippen LogP contribution in [0.15, 0.2) is 53.3 Å². The summed E-state index contributed by atoms with van der Waals surface area (Å²) in [7, 11) is 0. The molecule has 0 spiro atoms. The van der Waals surface area contributed by atoms with Gasteiger partial charge in [-0.3, -0.25) is 0 Å². The Labute approximate surface area is 129 Å². The number of nitrogens with two attached hydrogens (primary N) is 1. The zero-order chi connectivity index (χ0) is 15.7. The number of hydrogen-bond acceptors (Lipinski definition) is 4. The number of rotatable bonds is 2. The summed E-state index contributed by atoms with van der Waals surface area (Å²) in [6.07, 6.45) is 3.96. The monoisotopic (exact) mass is 286 g/mol. The first-order chi connectivity index (χ1) is 10.7. The number of hydrogen-bond donors (Lipinski definition) is 1. The van der Waals surface area contributed by atoms with Crippen LogP contribution in [0.1, 0.15) is 24.3 Å². The van der Waals surface area contributed by atoms with Crippen molar-refractivity contribution in [3.8, 4) is 18.2 Å². The average molecular weight is 286 g/mol. The normalized spacial score (nSPS) is 23.0. The van der Waals surface area contributed by atoms with Crippen LogP contribution in [0.25, 0.3) is 0 Å². The molecule has 1 saturated carbocycles. The molecule has 0 heterocycles. The van der Waals surface area contributed by atoms with Gasteiger partial charge in [-0.05, 0) is 29.9 Å². The van der Waals surface area contributed by atoms with Gasteiger partial charge in [0.1, 0.15) is 6.07 Å². The fraction of sp³-hybridized carbons (Fsp3) is 0.278. The van der Waals surface area contributed by atoms with Crippen LogP contribution in [-0.4, -0.2) is 0 Å². The maximum absolute atomic E-state index is 9.67. The van der Waals surface area contributed by atoms with Crippen LogP contribution in [-0.2, 0) is 0 Å². The molecule has 1 aromatic rings. The highest BCUT2D eigenvalue weighted by atomic mass is 14.7. The van der Waals surface area contributed by atoms with Crippen molar-refractivity contribution in [2.75, 3.05) is 0 Å². The van der Waals surface area contributed by atoms with Crippen molar-refractivity contribution in [1.82, 2.24) is 0 Å². The predicted molar refractivity (Wildman–Crippen MR) is 80.5 cm³/mol. The molecule has 0 saturated heterocycles. The molecule has 4 nitrogen and oxygen atoms in total. The largest absolute Gasteiger partial charge is 0.399 e. The van der Waals surface area contributed by atoms with Crippen molar-refractivity contribution in [3.63, 3.8) is 0 Å². The molecule has 3 rings (SSSR count). The van der Waals surface area contributed by atoms with Crippen LogP contribution < -0.4 is 5.73 Å². The van der Waals surface area contributed by atoms with Crippen molar-refractivity contribution in [1.29, 1.82) is 15.8 Å². The molecule has 2 N–H and O–H groups in total. The Bertz CT molecular complexity index is 778. The van der Waals surface area contributed by atoms with Gasteiger partial charge in [0.15, 0.2) is 5.41 Å². The second-order valence-corrected chi connectivity index (χ2v) is 5.72. The minimum Gasteiger partial charge on any atom is -0.399 e. The molecule has 22 heavy (non-hydrogen) atoms. The van der Waals surface area contributed by atoms with E-state index in [1.807, 2.05) is 36.4 Å². The van der Waals surface area contributed by atoms with Crippen molar-refractivity contribution in [2.45, 2.75) is 18.8 Å². The van der Waals surface area contributed by atoms with Gasteiger partial charge in [0.25, 0.3) is 0 Å². The average Bonchev–Trinajstić information content (AvgIpc) is 3.40. The Kier molecular flexibility index (Phi) is 3.21. The Morgan fingerprint density at radius 1 is 1.05 bits per heavy atom. The molecule has 1 unspecified atom stereocenters. The standard InChI is InChI=1S/C18H14N4/c19-9-15-14(12-6-7-12)8-16(13-4-2-1-3-5-13)18(10-20,11-21)17(15)22/h1-5,8,12,16H,6-7,22H2. The van der Waals surface area contributed by atoms with Gasteiger partial charge in [0.05, 0.1) is 23.4 Å². The van der Waals surface area contributed by atoms with Gasteiger partial charge >= 0.3 is 0 Å². The summed E-state index contributed by atoms with van der Waals surface area (Å²) in [6.45, 7) is 0. The lowest BCUT2D eigenvalue weighted by molar-refractivity contribution is 0.524. The summed E-state index contributed by atoms with van der Waals surface area (Å²) < 4.78 is 0. The van der Waals surface area contributed by atoms with Gasteiger partial charge in [0.2, 0.25) is 0 Å². The molecule has 4 heteroatoms. The van der Waals surface area contributed by atoms with Crippen molar-refractivity contribution >= 4 is 0 Å². The van der Waals surface area contributed by atoms with Gasteiger partial charge in [-0.15, -0.1) is 0 Å². The highest BCUT2D eigenvalue weighted by molar-refractivity contribution is 5.59.